The van der Waals surface area contributed by atoms with Gasteiger partial charge in [-0.25, -0.2) is 36.4 Å². The lowest BCUT2D eigenvalue weighted by Crippen LogP contribution is -2.38. The summed E-state index contributed by atoms with van der Waals surface area (Å²) in [6, 6.07) is 1.18. The fourth-order valence-electron chi connectivity index (χ4n) is 3.80. The van der Waals surface area contributed by atoms with Crippen LogP contribution in [0.5, 0.6) is 0 Å². The number of sulfone groups is 1. The first-order valence-corrected chi connectivity index (χ1v) is 13.9. The number of hydrogen-bond donors (Lipinski definition) is 4. The summed E-state index contributed by atoms with van der Waals surface area (Å²) in [6.45, 7) is 0.891. The number of carbonyl (C=O) groups is 4. The molecule has 1 atom stereocenters. The highest BCUT2D eigenvalue weighted by molar-refractivity contribution is 7.91. The molecule has 43 heavy (non-hydrogen) atoms. The van der Waals surface area contributed by atoms with Crippen LogP contribution in [0.1, 0.15) is 30.9 Å². The fraction of sp³-hybridized carbons (Fsp3) is 0.417. The molecule has 0 saturated heterocycles. The first kappa shape index (κ1) is 37.3. The van der Waals surface area contributed by atoms with Gasteiger partial charge in [-0.05, 0) is 26.0 Å². The Kier molecular flexibility index (Phi) is 13.1. The number of hydrogen-bond acceptors (Lipinski definition) is 10. The Balaban J connectivity index is 0.00000139. The van der Waals surface area contributed by atoms with Crippen molar-refractivity contribution in [3.05, 3.63) is 56.6 Å². The molecule has 5 N–H and O–H groups in total. The van der Waals surface area contributed by atoms with Gasteiger partial charge in [0.2, 0.25) is 0 Å². The molecule has 1 aliphatic heterocycles. The molecule has 0 aromatic heterocycles. The molecule has 240 valence electrons. The molecule has 12 nitrogen and oxygen atoms in total. The predicted molar refractivity (Wildman–Crippen MR) is 139 cm³/mol. The van der Waals surface area contributed by atoms with Crippen LogP contribution in [0.4, 0.5) is 22.0 Å². The summed E-state index contributed by atoms with van der Waals surface area (Å²) in [5.41, 5.74) is -0.855. The third kappa shape index (κ3) is 9.62. The van der Waals surface area contributed by atoms with Crippen LogP contribution in [0.3, 0.4) is 0 Å². The average Bonchev–Trinajstić information content (AvgIpc) is 2.87. The van der Waals surface area contributed by atoms with Gasteiger partial charge >= 0.3 is 30.1 Å². The Morgan fingerprint density at radius 2 is 1.60 bits per heavy atom. The van der Waals surface area contributed by atoms with Crippen LogP contribution in [-0.4, -0.2) is 80.4 Å². The second-order valence-corrected chi connectivity index (χ2v) is 11.3. The maximum atomic E-state index is 15.2. The highest BCUT2D eigenvalue weighted by atomic mass is 35.5. The van der Waals surface area contributed by atoms with E-state index in [-0.39, 0.29) is 6.54 Å². The Hall–Kier alpha value is -3.77. The Morgan fingerprint density at radius 3 is 2.02 bits per heavy atom. The molecule has 0 spiro atoms. The van der Waals surface area contributed by atoms with Crippen molar-refractivity contribution in [3.63, 3.8) is 0 Å². The van der Waals surface area contributed by atoms with Gasteiger partial charge in [-0.3, -0.25) is 0 Å². The first-order valence-electron chi connectivity index (χ1n) is 11.7. The number of nitrogens with one attached hydrogen (secondary N) is 1. The van der Waals surface area contributed by atoms with Gasteiger partial charge in [-0.1, -0.05) is 11.6 Å². The number of ether oxygens (including phenoxy) is 2. The van der Waals surface area contributed by atoms with E-state index in [0.717, 1.165) is 7.11 Å². The lowest BCUT2D eigenvalue weighted by atomic mass is 9.78. The summed E-state index contributed by atoms with van der Waals surface area (Å²) in [5.74, 6) is -11.9. The van der Waals surface area contributed by atoms with E-state index >= 15 is 4.39 Å². The number of halogens is 6. The normalized spacial score (nSPS) is 15.4. The molecule has 1 unspecified atom stereocenters. The van der Waals surface area contributed by atoms with E-state index in [2.05, 4.69) is 10.1 Å². The van der Waals surface area contributed by atoms with E-state index < -0.39 is 115 Å². The summed E-state index contributed by atoms with van der Waals surface area (Å²) >= 11 is 5.78. The fourth-order valence-corrected chi connectivity index (χ4v) is 5.24. The quantitative estimate of drug-likeness (QED) is 0.171. The number of rotatable bonds is 9. The maximum Gasteiger partial charge on any atom is 0.418 e. The topological polar surface area (TPSA) is 199 Å². The van der Waals surface area contributed by atoms with Gasteiger partial charge < -0.3 is 30.7 Å². The Labute approximate surface area is 246 Å². The van der Waals surface area contributed by atoms with Crippen molar-refractivity contribution in [2.75, 3.05) is 31.8 Å². The van der Waals surface area contributed by atoms with Crippen LogP contribution < -0.4 is 11.1 Å². The van der Waals surface area contributed by atoms with Crippen molar-refractivity contribution in [2.24, 2.45) is 5.73 Å². The highest BCUT2D eigenvalue weighted by Gasteiger charge is 2.47. The van der Waals surface area contributed by atoms with Gasteiger partial charge in [-0.2, -0.15) is 13.2 Å². The van der Waals surface area contributed by atoms with E-state index in [1.165, 1.54) is 13.8 Å². The molecule has 0 saturated carbocycles. The number of dihydropyridines is 1. The van der Waals surface area contributed by atoms with Crippen LogP contribution in [-0.2, 0) is 44.7 Å². The number of allylic oxidation sites excluding steroid dienone is 1. The van der Waals surface area contributed by atoms with Gasteiger partial charge in [0, 0.05) is 17.8 Å². The molecule has 0 amide bonds. The minimum atomic E-state index is -5.31. The second kappa shape index (κ2) is 15.1. The van der Waals surface area contributed by atoms with E-state index in [1.54, 1.807) is 0 Å². The van der Waals surface area contributed by atoms with Crippen LogP contribution in [0.25, 0.3) is 0 Å². The van der Waals surface area contributed by atoms with Crippen LogP contribution in [0.15, 0.2) is 34.7 Å². The third-order valence-corrected chi connectivity index (χ3v) is 7.22. The SMILES string of the molecule is COC(=O)C1=C(CF)NC(CS(=O)(=O)CCN)=C(C(=O)OC(C)C)C1c1c(F)ccc(Cl)c1C(F)(F)F.O=C(O)C(=O)O. The Bertz CT molecular complexity index is 1430. The van der Waals surface area contributed by atoms with Gasteiger partial charge in [0.25, 0.3) is 0 Å². The molecule has 0 bridgehead atoms. The number of aliphatic carboxylic acids is 2. The van der Waals surface area contributed by atoms with E-state index in [0.29, 0.717) is 12.1 Å². The molecular formula is C24H26ClF5N2O10S. The summed E-state index contributed by atoms with van der Waals surface area (Å²) in [7, 11) is -3.29. The molecular weight excluding hydrogens is 639 g/mol. The molecule has 1 heterocycles. The van der Waals surface area contributed by atoms with Crippen molar-refractivity contribution in [3.8, 4) is 0 Å². The molecule has 0 radical (unpaired) electrons. The highest BCUT2D eigenvalue weighted by Crippen LogP contribution is 2.48. The number of alkyl halides is 4. The molecule has 1 aliphatic rings. The zero-order valence-corrected chi connectivity index (χ0v) is 24.1. The molecule has 19 heteroatoms. The van der Waals surface area contributed by atoms with Crippen molar-refractivity contribution >= 4 is 45.3 Å². The third-order valence-electron chi connectivity index (χ3n) is 5.32. The van der Waals surface area contributed by atoms with E-state index in [9.17, 15) is 35.6 Å². The summed E-state index contributed by atoms with van der Waals surface area (Å²) in [5, 5.41) is 16.1. The monoisotopic (exact) mass is 664 g/mol. The Morgan fingerprint density at radius 1 is 1.07 bits per heavy atom. The van der Waals surface area contributed by atoms with Gasteiger partial charge in [0.15, 0.2) is 9.84 Å². The van der Waals surface area contributed by atoms with Crippen molar-refractivity contribution in [1.29, 1.82) is 0 Å². The van der Waals surface area contributed by atoms with E-state index in [4.69, 9.17) is 41.9 Å². The first-order chi connectivity index (χ1) is 19.7. The van der Waals surface area contributed by atoms with Crippen molar-refractivity contribution in [1.82, 2.24) is 5.32 Å². The average molecular weight is 665 g/mol. The minimum absolute atomic E-state index is 0.342. The predicted octanol–water partition coefficient (Wildman–Crippen LogP) is 2.32. The standard InChI is InChI=1S/C22H24ClF5N2O6S.C2H2O4/c1-10(2)36-21(32)17-14(9-37(33,34)7-6-29)30-13(8-24)16(20(31)35-3)18(17)15-12(25)5-4-11(23)19(15)22(26,27)28;3-1(4)2(5)6/h4-5,10,18,30H,6-9,29H2,1-3H3;(H,3,4)(H,5,6). The lowest BCUT2D eigenvalue weighted by Gasteiger charge is -2.33. The zero-order valence-electron chi connectivity index (χ0n) is 22.6. The number of carboxylic acids is 2. The summed E-state index contributed by atoms with van der Waals surface area (Å²) in [4.78, 5) is 44.1. The van der Waals surface area contributed by atoms with Crippen molar-refractivity contribution in [2.45, 2.75) is 32.0 Å². The smallest absolute Gasteiger partial charge is 0.418 e. The van der Waals surface area contributed by atoms with E-state index in [1.807, 2.05) is 0 Å². The van der Waals surface area contributed by atoms with Gasteiger partial charge in [-0.15, -0.1) is 0 Å². The number of esters is 2. The zero-order chi connectivity index (χ0) is 33.4. The minimum Gasteiger partial charge on any atom is -0.473 e. The molecule has 1 aromatic carbocycles. The van der Waals surface area contributed by atoms with Crippen molar-refractivity contribution < 1.29 is 69.2 Å². The number of nitrogens with two attached hydrogens (primary N) is 1. The summed E-state index contributed by atoms with van der Waals surface area (Å²) in [6.07, 6.45) is -6.18. The number of methoxy groups -OCH3 is 1. The lowest BCUT2D eigenvalue weighted by molar-refractivity contribution is -0.159. The second-order valence-electron chi connectivity index (χ2n) is 8.73. The number of benzene rings is 1. The number of carbonyl (C=O) groups excluding carboxylic acids is 2. The van der Waals surface area contributed by atoms with Gasteiger partial charge in [0.05, 0.1) is 58.1 Å². The number of carboxylic acid groups (broad SMARTS) is 2. The van der Waals surface area contributed by atoms with Crippen LogP contribution in [0.2, 0.25) is 5.02 Å². The molecule has 2 rings (SSSR count). The molecule has 0 aliphatic carbocycles. The van der Waals surface area contributed by atoms with Gasteiger partial charge in [0.1, 0.15) is 12.5 Å². The summed E-state index contributed by atoms with van der Waals surface area (Å²) < 4.78 is 107. The largest absolute Gasteiger partial charge is 0.473 e. The molecule has 0 fully saturated rings. The maximum absolute atomic E-state index is 15.2. The molecule has 1 aromatic rings. The van der Waals surface area contributed by atoms with Crippen LogP contribution in [0, 0.1) is 5.82 Å². The van der Waals surface area contributed by atoms with Crippen LogP contribution >= 0.6 is 11.6 Å².